The Bertz CT molecular complexity index is 499. The number of rotatable bonds is 3. The summed E-state index contributed by atoms with van der Waals surface area (Å²) in [6.07, 6.45) is -7.62. The maximum absolute atomic E-state index is 12.6. The van der Waals surface area contributed by atoms with Gasteiger partial charge in [0, 0.05) is 6.07 Å². The number of nitro benzene ring substituents is 1. The van der Waals surface area contributed by atoms with Gasteiger partial charge in [-0.25, -0.2) is 4.79 Å². The summed E-state index contributed by atoms with van der Waals surface area (Å²) in [4.78, 5) is 19.9. The molecule has 0 aliphatic carbocycles. The van der Waals surface area contributed by atoms with Crippen molar-refractivity contribution >= 4 is 11.7 Å². The molecule has 9 heteroatoms. The average molecular weight is 265 g/mol. The number of carboxylic acids is 1. The monoisotopic (exact) mass is 265 g/mol. The summed E-state index contributed by atoms with van der Waals surface area (Å²) in [5.41, 5.74) is -3.92. The number of alkyl halides is 3. The molecule has 6 nitrogen and oxygen atoms in total. The highest BCUT2D eigenvalue weighted by Crippen LogP contribution is 2.39. The second-order valence-corrected chi connectivity index (χ2v) is 3.23. The second-order valence-electron chi connectivity index (χ2n) is 3.23. The van der Waals surface area contributed by atoms with Crippen LogP contribution in [0.25, 0.3) is 0 Å². The summed E-state index contributed by atoms with van der Waals surface area (Å²) in [5, 5.41) is 28.2. The van der Waals surface area contributed by atoms with Gasteiger partial charge in [-0.1, -0.05) is 6.07 Å². The van der Waals surface area contributed by atoms with Gasteiger partial charge in [0.1, 0.15) is 0 Å². The molecule has 0 amide bonds. The van der Waals surface area contributed by atoms with Crippen molar-refractivity contribution in [1.29, 1.82) is 0 Å². The summed E-state index contributed by atoms with van der Waals surface area (Å²) in [7, 11) is 0. The molecule has 0 spiro atoms. The molecule has 1 unspecified atom stereocenters. The van der Waals surface area contributed by atoms with Crippen molar-refractivity contribution in [3.8, 4) is 0 Å². The molecule has 18 heavy (non-hydrogen) atoms. The Morgan fingerprint density at radius 3 is 2.33 bits per heavy atom. The molecule has 2 N–H and O–H groups in total. The van der Waals surface area contributed by atoms with E-state index in [1.54, 1.807) is 0 Å². The smallest absolute Gasteiger partial charge is 0.417 e. The van der Waals surface area contributed by atoms with Crippen LogP contribution in [-0.2, 0) is 11.0 Å². The lowest BCUT2D eigenvalue weighted by atomic mass is 9.99. The minimum absolute atomic E-state index is 0.467. The molecule has 1 atom stereocenters. The Hall–Kier alpha value is -2.16. The zero-order chi connectivity index (χ0) is 14.1. The van der Waals surface area contributed by atoms with Gasteiger partial charge in [-0.3, -0.25) is 10.1 Å². The molecular formula is C9H6F3NO5. The largest absolute Gasteiger partial charge is 0.479 e. The zero-order valence-electron chi connectivity index (χ0n) is 8.51. The highest BCUT2D eigenvalue weighted by atomic mass is 19.4. The first-order chi connectivity index (χ1) is 8.16. The van der Waals surface area contributed by atoms with Crippen molar-refractivity contribution < 1.29 is 33.1 Å². The minimum atomic E-state index is -5.00. The van der Waals surface area contributed by atoms with Gasteiger partial charge >= 0.3 is 12.1 Å². The first-order valence-electron chi connectivity index (χ1n) is 4.41. The van der Waals surface area contributed by atoms with E-state index in [4.69, 9.17) is 10.2 Å². The lowest BCUT2D eigenvalue weighted by Crippen LogP contribution is -2.19. The fraction of sp³-hybridized carbons (Fsp3) is 0.222. The van der Waals surface area contributed by atoms with Crippen molar-refractivity contribution in [3.05, 3.63) is 39.4 Å². The predicted molar refractivity (Wildman–Crippen MR) is 50.7 cm³/mol. The molecule has 0 saturated heterocycles. The minimum Gasteiger partial charge on any atom is -0.479 e. The Labute approximate surface area is 97.4 Å². The topological polar surface area (TPSA) is 101 Å². The Kier molecular flexibility index (Phi) is 3.56. The highest BCUT2D eigenvalue weighted by molar-refractivity contribution is 5.76. The number of carboxylic acid groups (broad SMARTS) is 1. The van der Waals surface area contributed by atoms with Crippen LogP contribution >= 0.6 is 0 Å². The third-order valence-electron chi connectivity index (χ3n) is 2.09. The van der Waals surface area contributed by atoms with Gasteiger partial charge in [0.2, 0.25) is 0 Å². The van der Waals surface area contributed by atoms with E-state index < -0.39 is 40.0 Å². The maximum atomic E-state index is 12.6. The second kappa shape index (κ2) is 4.61. The molecule has 98 valence electrons. The van der Waals surface area contributed by atoms with Gasteiger partial charge in [0.05, 0.1) is 16.1 Å². The van der Waals surface area contributed by atoms with Gasteiger partial charge < -0.3 is 10.2 Å². The highest BCUT2D eigenvalue weighted by Gasteiger charge is 2.40. The molecule has 0 bridgehead atoms. The van der Waals surface area contributed by atoms with Crippen LogP contribution < -0.4 is 0 Å². The fourth-order valence-electron chi connectivity index (χ4n) is 1.37. The van der Waals surface area contributed by atoms with E-state index in [9.17, 15) is 28.1 Å². The molecule has 0 saturated carbocycles. The van der Waals surface area contributed by atoms with E-state index in [2.05, 4.69) is 0 Å². The average Bonchev–Trinajstić information content (AvgIpc) is 2.25. The van der Waals surface area contributed by atoms with E-state index in [0.29, 0.717) is 12.1 Å². The van der Waals surface area contributed by atoms with Gasteiger partial charge in [-0.15, -0.1) is 0 Å². The van der Waals surface area contributed by atoms with Crippen molar-refractivity contribution in [2.45, 2.75) is 12.3 Å². The number of hydrogen-bond acceptors (Lipinski definition) is 4. The number of hydrogen-bond donors (Lipinski definition) is 2. The number of halogens is 3. The van der Waals surface area contributed by atoms with E-state index >= 15 is 0 Å². The number of benzene rings is 1. The van der Waals surface area contributed by atoms with Crippen LogP contribution in [0.1, 0.15) is 17.2 Å². The van der Waals surface area contributed by atoms with Crippen LogP contribution in [0.15, 0.2) is 18.2 Å². The molecule has 1 rings (SSSR count). The first kappa shape index (κ1) is 13.9. The summed E-state index contributed by atoms with van der Waals surface area (Å²) in [6, 6.07) is 1.92. The third kappa shape index (κ3) is 2.56. The number of nitrogens with zero attached hydrogens (tertiary/aromatic N) is 1. The Morgan fingerprint density at radius 2 is 1.94 bits per heavy atom. The molecular weight excluding hydrogens is 259 g/mol. The van der Waals surface area contributed by atoms with E-state index in [0.717, 1.165) is 6.07 Å². The SMILES string of the molecule is O=C(O)C(O)c1c([N+](=O)[O-])cccc1C(F)(F)F. The van der Waals surface area contributed by atoms with E-state index in [1.807, 2.05) is 0 Å². The normalized spacial score (nSPS) is 13.1. The van der Waals surface area contributed by atoms with Crippen LogP contribution in [0, 0.1) is 10.1 Å². The lowest BCUT2D eigenvalue weighted by Gasteiger charge is -2.14. The molecule has 0 aliphatic heterocycles. The van der Waals surface area contributed by atoms with Crippen LogP contribution in [0.3, 0.4) is 0 Å². The van der Waals surface area contributed by atoms with Crippen LogP contribution in [0.5, 0.6) is 0 Å². The van der Waals surface area contributed by atoms with Crippen LogP contribution in [0.4, 0.5) is 18.9 Å². The fourth-order valence-corrected chi connectivity index (χ4v) is 1.37. The molecule has 0 aromatic heterocycles. The van der Waals surface area contributed by atoms with Gasteiger partial charge in [0.15, 0.2) is 6.10 Å². The molecule has 0 heterocycles. The number of aliphatic hydroxyl groups excluding tert-OH is 1. The first-order valence-corrected chi connectivity index (χ1v) is 4.41. The maximum Gasteiger partial charge on any atom is 0.417 e. The van der Waals surface area contributed by atoms with Crippen molar-refractivity contribution in [1.82, 2.24) is 0 Å². The summed E-state index contributed by atoms with van der Waals surface area (Å²) >= 11 is 0. The quantitative estimate of drug-likeness (QED) is 0.640. The molecule has 0 aliphatic rings. The molecule has 1 aromatic rings. The Balaban J connectivity index is 3.59. The lowest BCUT2D eigenvalue weighted by molar-refractivity contribution is -0.386. The van der Waals surface area contributed by atoms with E-state index in [-0.39, 0.29) is 0 Å². The molecule has 0 fully saturated rings. The van der Waals surface area contributed by atoms with Crippen molar-refractivity contribution in [2.75, 3.05) is 0 Å². The van der Waals surface area contributed by atoms with Crippen LogP contribution in [0.2, 0.25) is 0 Å². The van der Waals surface area contributed by atoms with Gasteiger partial charge in [-0.2, -0.15) is 13.2 Å². The van der Waals surface area contributed by atoms with Crippen molar-refractivity contribution in [3.63, 3.8) is 0 Å². The standard InChI is InChI=1S/C9H6F3NO5/c10-9(11,12)4-2-1-3-5(13(17)18)6(4)7(14)8(15)16/h1-3,7,14H,(H,15,16). The summed E-state index contributed by atoms with van der Waals surface area (Å²) < 4.78 is 37.8. The summed E-state index contributed by atoms with van der Waals surface area (Å²) in [6.45, 7) is 0. The number of nitro groups is 1. The number of aliphatic carboxylic acids is 1. The van der Waals surface area contributed by atoms with Gasteiger partial charge in [0.25, 0.3) is 5.69 Å². The third-order valence-corrected chi connectivity index (χ3v) is 2.09. The Morgan fingerprint density at radius 1 is 1.39 bits per heavy atom. The van der Waals surface area contributed by atoms with Crippen molar-refractivity contribution in [2.24, 2.45) is 0 Å². The van der Waals surface area contributed by atoms with E-state index in [1.165, 1.54) is 0 Å². The summed E-state index contributed by atoms with van der Waals surface area (Å²) in [5.74, 6) is -2.00. The van der Waals surface area contributed by atoms with Crippen LogP contribution in [-0.4, -0.2) is 21.1 Å². The number of aliphatic hydroxyl groups is 1. The van der Waals surface area contributed by atoms with Gasteiger partial charge in [-0.05, 0) is 6.07 Å². The predicted octanol–water partition coefficient (Wildman–Crippen LogP) is 1.73. The number of carbonyl (C=O) groups is 1. The molecule has 1 aromatic carbocycles. The zero-order valence-corrected chi connectivity index (χ0v) is 8.51. The molecule has 0 radical (unpaired) electrons.